The van der Waals surface area contributed by atoms with Crippen molar-refractivity contribution in [1.29, 1.82) is 0 Å². The van der Waals surface area contributed by atoms with Crippen molar-refractivity contribution in [2.45, 2.75) is 65.7 Å². The van der Waals surface area contributed by atoms with Gasteiger partial charge in [0.05, 0.1) is 5.60 Å². The number of esters is 1. The van der Waals surface area contributed by atoms with E-state index in [0.29, 0.717) is 13.1 Å². The van der Waals surface area contributed by atoms with Crippen LogP contribution in [-0.2, 0) is 9.53 Å². The highest BCUT2D eigenvalue weighted by Gasteiger charge is 2.28. The van der Waals surface area contributed by atoms with Crippen LogP contribution in [0.3, 0.4) is 0 Å². The molecule has 0 aliphatic heterocycles. The summed E-state index contributed by atoms with van der Waals surface area (Å²) in [7, 11) is 0. The van der Waals surface area contributed by atoms with Gasteiger partial charge in [0, 0.05) is 6.54 Å². The van der Waals surface area contributed by atoms with Gasteiger partial charge in [0.15, 0.2) is 0 Å². The minimum absolute atomic E-state index is 0.247. The Morgan fingerprint density at radius 2 is 1.76 bits per heavy atom. The quantitative estimate of drug-likeness (QED) is 0.751. The van der Waals surface area contributed by atoms with E-state index in [9.17, 15) is 9.90 Å². The average Bonchev–Trinajstić information content (AvgIpc) is 2.08. The van der Waals surface area contributed by atoms with E-state index in [2.05, 4.69) is 0 Å². The maximum Gasteiger partial charge on any atom is 0.323 e. The van der Waals surface area contributed by atoms with Crippen molar-refractivity contribution in [3.8, 4) is 0 Å². The largest absolute Gasteiger partial charge is 0.459 e. The number of carbonyl (C=O) groups is 1. The number of hydrogen-bond donors (Lipinski definition) is 1. The van der Waals surface area contributed by atoms with Crippen molar-refractivity contribution in [2.24, 2.45) is 0 Å². The Kier molecular flexibility index (Phi) is 5.62. The van der Waals surface area contributed by atoms with E-state index in [-0.39, 0.29) is 12.0 Å². The van der Waals surface area contributed by atoms with Crippen LogP contribution in [0.15, 0.2) is 0 Å². The molecule has 0 spiro atoms. The molecule has 17 heavy (non-hydrogen) atoms. The first-order valence-electron chi connectivity index (χ1n) is 6.15. The molecule has 0 aromatic carbocycles. The van der Waals surface area contributed by atoms with E-state index in [1.165, 1.54) is 0 Å². The molecule has 4 nitrogen and oxygen atoms in total. The van der Waals surface area contributed by atoms with Gasteiger partial charge in [0.2, 0.25) is 0 Å². The molecular formula is C13H27NO3. The SMILES string of the molecule is CCN(CC(C)(C)O)C(C)C(=O)OC(C)(C)C. The zero-order chi connectivity index (χ0) is 13.9. The van der Waals surface area contributed by atoms with Gasteiger partial charge in [0.25, 0.3) is 0 Å². The van der Waals surface area contributed by atoms with Gasteiger partial charge in [-0.1, -0.05) is 6.92 Å². The summed E-state index contributed by atoms with van der Waals surface area (Å²) in [5, 5.41) is 9.79. The lowest BCUT2D eigenvalue weighted by Crippen LogP contribution is -2.48. The second-order valence-electron chi connectivity index (χ2n) is 6.08. The highest BCUT2D eigenvalue weighted by Crippen LogP contribution is 2.13. The van der Waals surface area contributed by atoms with E-state index < -0.39 is 11.2 Å². The van der Waals surface area contributed by atoms with Crippen LogP contribution < -0.4 is 0 Å². The third-order valence-electron chi connectivity index (χ3n) is 2.29. The van der Waals surface area contributed by atoms with Gasteiger partial charge in [-0.15, -0.1) is 0 Å². The lowest BCUT2D eigenvalue weighted by atomic mass is 10.1. The first-order valence-corrected chi connectivity index (χ1v) is 6.15. The Morgan fingerprint density at radius 1 is 1.29 bits per heavy atom. The van der Waals surface area contributed by atoms with E-state index >= 15 is 0 Å². The molecular weight excluding hydrogens is 218 g/mol. The summed E-state index contributed by atoms with van der Waals surface area (Å²) in [5.74, 6) is -0.247. The van der Waals surface area contributed by atoms with E-state index in [1.807, 2.05) is 39.5 Å². The molecule has 0 rings (SSSR count). The smallest absolute Gasteiger partial charge is 0.323 e. The predicted molar refractivity (Wildman–Crippen MR) is 68.9 cm³/mol. The van der Waals surface area contributed by atoms with Crippen LogP contribution in [0.4, 0.5) is 0 Å². The molecule has 0 aromatic rings. The van der Waals surface area contributed by atoms with Crippen LogP contribution in [0.25, 0.3) is 0 Å². The van der Waals surface area contributed by atoms with Crippen LogP contribution in [0, 0.1) is 0 Å². The number of ether oxygens (including phenoxy) is 1. The number of rotatable bonds is 5. The van der Waals surface area contributed by atoms with Crippen molar-refractivity contribution >= 4 is 5.97 Å². The first-order chi connectivity index (χ1) is 7.46. The summed E-state index contributed by atoms with van der Waals surface area (Å²) in [4.78, 5) is 13.8. The molecule has 0 heterocycles. The summed E-state index contributed by atoms with van der Waals surface area (Å²) in [5.41, 5.74) is -1.29. The summed E-state index contributed by atoms with van der Waals surface area (Å²) in [6.45, 7) is 13.9. The fourth-order valence-electron chi connectivity index (χ4n) is 1.56. The standard InChI is InChI=1S/C13H27NO3/c1-8-14(9-13(6,7)16)10(2)11(15)17-12(3,4)5/h10,16H,8-9H2,1-7H3. The zero-order valence-electron chi connectivity index (χ0n) is 12.2. The fraction of sp³-hybridized carbons (Fsp3) is 0.923. The minimum atomic E-state index is -0.813. The van der Waals surface area contributed by atoms with Crippen LogP contribution in [-0.4, -0.2) is 46.3 Å². The molecule has 0 saturated heterocycles. The molecule has 0 radical (unpaired) electrons. The van der Waals surface area contributed by atoms with Crippen molar-refractivity contribution in [2.75, 3.05) is 13.1 Å². The maximum absolute atomic E-state index is 11.9. The Balaban J connectivity index is 4.54. The number of likely N-dealkylation sites (N-methyl/N-ethyl adjacent to an activating group) is 1. The summed E-state index contributed by atoms with van der Waals surface area (Å²) in [6, 6.07) is -0.342. The molecule has 0 bridgehead atoms. The number of aliphatic hydroxyl groups is 1. The second-order valence-corrected chi connectivity index (χ2v) is 6.08. The normalized spacial score (nSPS) is 14.9. The Labute approximate surface area is 105 Å². The van der Waals surface area contributed by atoms with Crippen molar-refractivity contribution in [1.82, 2.24) is 4.90 Å². The van der Waals surface area contributed by atoms with E-state index in [4.69, 9.17) is 4.74 Å². The highest BCUT2D eigenvalue weighted by molar-refractivity contribution is 5.75. The van der Waals surface area contributed by atoms with Crippen LogP contribution in [0.5, 0.6) is 0 Å². The zero-order valence-corrected chi connectivity index (χ0v) is 12.2. The van der Waals surface area contributed by atoms with Crippen LogP contribution in [0.2, 0.25) is 0 Å². The Morgan fingerprint density at radius 3 is 2.06 bits per heavy atom. The maximum atomic E-state index is 11.9. The van der Waals surface area contributed by atoms with Gasteiger partial charge < -0.3 is 9.84 Å². The van der Waals surface area contributed by atoms with Crippen molar-refractivity contribution in [3.63, 3.8) is 0 Å². The molecule has 1 N–H and O–H groups in total. The van der Waals surface area contributed by atoms with Crippen molar-refractivity contribution in [3.05, 3.63) is 0 Å². The van der Waals surface area contributed by atoms with Gasteiger partial charge in [-0.25, -0.2) is 0 Å². The molecule has 0 aromatic heterocycles. The average molecular weight is 245 g/mol. The van der Waals surface area contributed by atoms with Crippen LogP contribution in [0.1, 0.15) is 48.5 Å². The minimum Gasteiger partial charge on any atom is -0.459 e. The molecule has 1 unspecified atom stereocenters. The monoisotopic (exact) mass is 245 g/mol. The Hall–Kier alpha value is -0.610. The van der Waals surface area contributed by atoms with Crippen LogP contribution >= 0.6 is 0 Å². The third kappa shape index (κ3) is 7.34. The number of carbonyl (C=O) groups excluding carboxylic acids is 1. The van der Waals surface area contributed by atoms with Gasteiger partial charge in [0.1, 0.15) is 11.6 Å². The molecule has 102 valence electrons. The fourth-order valence-corrected chi connectivity index (χ4v) is 1.56. The molecule has 4 heteroatoms. The highest BCUT2D eigenvalue weighted by atomic mass is 16.6. The van der Waals surface area contributed by atoms with E-state index in [0.717, 1.165) is 0 Å². The van der Waals surface area contributed by atoms with Crippen molar-refractivity contribution < 1.29 is 14.6 Å². The van der Waals surface area contributed by atoms with Gasteiger partial charge in [-0.3, -0.25) is 9.69 Å². The summed E-state index contributed by atoms with van der Waals surface area (Å²) >= 11 is 0. The molecule has 1 atom stereocenters. The number of hydrogen-bond acceptors (Lipinski definition) is 4. The molecule has 0 aliphatic rings. The first kappa shape index (κ1) is 16.4. The second kappa shape index (κ2) is 5.83. The lowest BCUT2D eigenvalue weighted by Gasteiger charge is -2.33. The Bertz CT molecular complexity index is 250. The van der Waals surface area contributed by atoms with Gasteiger partial charge in [-0.2, -0.15) is 0 Å². The lowest BCUT2D eigenvalue weighted by molar-refractivity contribution is -0.161. The molecule has 0 fully saturated rings. The predicted octanol–water partition coefficient (Wildman–Crippen LogP) is 1.81. The van der Waals surface area contributed by atoms with Gasteiger partial charge in [-0.05, 0) is 48.1 Å². The third-order valence-corrected chi connectivity index (χ3v) is 2.29. The molecule has 0 saturated carbocycles. The topological polar surface area (TPSA) is 49.8 Å². The number of nitrogens with zero attached hydrogens (tertiary/aromatic N) is 1. The summed E-state index contributed by atoms with van der Waals surface area (Å²) in [6.07, 6.45) is 0. The molecule has 0 aliphatic carbocycles. The van der Waals surface area contributed by atoms with Gasteiger partial charge >= 0.3 is 5.97 Å². The van der Waals surface area contributed by atoms with E-state index in [1.54, 1.807) is 13.8 Å². The molecule has 0 amide bonds. The summed E-state index contributed by atoms with van der Waals surface area (Å²) < 4.78 is 5.33.